The van der Waals surface area contributed by atoms with Crippen LogP contribution < -0.4 is 4.74 Å². The van der Waals surface area contributed by atoms with Crippen LogP contribution in [0.25, 0.3) is 22.6 Å². The van der Waals surface area contributed by atoms with E-state index >= 15 is 0 Å². The number of rotatable bonds is 6. The molecule has 6 heteroatoms. The van der Waals surface area contributed by atoms with Crippen molar-refractivity contribution in [2.24, 2.45) is 0 Å². The average Bonchev–Trinajstić information content (AvgIpc) is 3.29. The third-order valence-electron chi connectivity index (χ3n) is 4.26. The molecule has 0 fully saturated rings. The van der Waals surface area contributed by atoms with Crippen molar-refractivity contribution in [3.63, 3.8) is 0 Å². The van der Waals surface area contributed by atoms with Crippen LogP contribution in [-0.2, 0) is 6.54 Å². The molecule has 0 saturated carbocycles. The summed E-state index contributed by atoms with van der Waals surface area (Å²) < 4.78 is 8.09. The Labute approximate surface area is 157 Å². The van der Waals surface area contributed by atoms with E-state index in [0.29, 0.717) is 6.54 Å². The molecule has 1 aromatic carbocycles. The molecular weight excluding hydrogens is 338 g/mol. The zero-order chi connectivity index (χ0) is 18.6. The number of aryl methyl sites for hydroxylation is 1. The number of nitrogens with one attached hydrogen (secondary N) is 1. The molecule has 1 N–H and O–H groups in total. The number of hydrogen-bond donors (Lipinski definition) is 1. The average molecular weight is 359 g/mol. The Kier molecular flexibility index (Phi) is 4.70. The minimum Gasteiger partial charge on any atom is -0.487 e. The van der Waals surface area contributed by atoms with Crippen LogP contribution in [0.2, 0.25) is 0 Å². The minimum atomic E-state index is -0.0502. The molecule has 0 amide bonds. The van der Waals surface area contributed by atoms with E-state index in [1.54, 1.807) is 12.4 Å². The predicted molar refractivity (Wildman–Crippen MR) is 104 cm³/mol. The summed E-state index contributed by atoms with van der Waals surface area (Å²) in [6, 6.07) is 16.0. The van der Waals surface area contributed by atoms with Gasteiger partial charge in [-0.1, -0.05) is 30.3 Å². The first-order chi connectivity index (χ1) is 13.2. The number of pyridine rings is 1. The van der Waals surface area contributed by atoms with Gasteiger partial charge in [0, 0.05) is 17.5 Å². The van der Waals surface area contributed by atoms with E-state index in [1.807, 2.05) is 56.6 Å². The first-order valence-corrected chi connectivity index (χ1v) is 8.90. The molecule has 0 radical (unpaired) electrons. The molecule has 0 aliphatic heterocycles. The van der Waals surface area contributed by atoms with Crippen molar-refractivity contribution >= 4 is 0 Å². The lowest BCUT2D eigenvalue weighted by molar-refractivity contribution is 0.199. The van der Waals surface area contributed by atoms with Crippen LogP contribution in [0.5, 0.6) is 5.75 Å². The van der Waals surface area contributed by atoms with Crippen LogP contribution in [0.3, 0.4) is 0 Å². The van der Waals surface area contributed by atoms with E-state index in [9.17, 15) is 0 Å². The molecule has 27 heavy (non-hydrogen) atoms. The summed E-state index contributed by atoms with van der Waals surface area (Å²) in [5, 5.41) is 7.49. The monoisotopic (exact) mass is 359 g/mol. The highest BCUT2D eigenvalue weighted by molar-refractivity contribution is 5.76. The van der Waals surface area contributed by atoms with Crippen molar-refractivity contribution in [1.29, 1.82) is 0 Å². The lowest BCUT2D eigenvalue weighted by Gasteiger charge is -2.16. The highest BCUT2D eigenvalue weighted by Crippen LogP contribution is 2.30. The molecule has 0 unspecified atom stereocenters. The van der Waals surface area contributed by atoms with E-state index in [4.69, 9.17) is 4.74 Å². The summed E-state index contributed by atoms with van der Waals surface area (Å²) in [4.78, 5) is 8.77. The summed E-state index contributed by atoms with van der Waals surface area (Å²) in [6.07, 6.45) is 5.26. The Morgan fingerprint density at radius 1 is 1.15 bits per heavy atom. The summed E-state index contributed by atoms with van der Waals surface area (Å²) in [5.41, 5.74) is 4.84. The first kappa shape index (κ1) is 17.0. The van der Waals surface area contributed by atoms with Crippen LogP contribution in [0, 0.1) is 6.92 Å². The third-order valence-corrected chi connectivity index (χ3v) is 4.26. The SMILES string of the molecule is Cc1cc(-c2c(-c3ccccc3)ncn2C[C@H](C)Oc2cccnc2)n[nH]1. The number of benzene rings is 1. The van der Waals surface area contributed by atoms with Gasteiger partial charge < -0.3 is 9.30 Å². The zero-order valence-corrected chi connectivity index (χ0v) is 15.3. The highest BCUT2D eigenvalue weighted by atomic mass is 16.5. The minimum absolute atomic E-state index is 0.0502. The number of nitrogens with zero attached hydrogens (tertiary/aromatic N) is 4. The van der Waals surface area contributed by atoms with Gasteiger partial charge in [0.05, 0.1) is 30.5 Å². The lowest BCUT2D eigenvalue weighted by Crippen LogP contribution is -2.19. The molecular formula is C21H21N5O. The van der Waals surface area contributed by atoms with Gasteiger partial charge in [0.1, 0.15) is 17.5 Å². The van der Waals surface area contributed by atoms with Crippen LogP contribution >= 0.6 is 0 Å². The molecule has 1 atom stereocenters. The van der Waals surface area contributed by atoms with E-state index in [0.717, 1.165) is 34.1 Å². The number of ether oxygens (including phenoxy) is 1. The second-order valence-electron chi connectivity index (χ2n) is 6.51. The van der Waals surface area contributed by atoms with Crippen molar-refractivity contribution in [2.45, 2.75) is 26.5 Å². The summed E-state index contributed by atoms with van der Waals surface area (Å²) in [5.74, 6) is 0.755. The normalized spacial score (nSPS) is 12.1. The summed E-state index contributed by atoms with van der Waals surface area (Å²) >= 11 is 0. The van der Waals surface area contributed by atoms with Crippen molar-refractivity contribution in [1.82, 2.24) is 24.7 Å². The Morgan fingerprint density at radius 2 is 2.00 bits per heavy atom. The standard InChI is InChI=1S/C21H21N5O/c1-15-11-19(25-24-15)21-20(17-7-4-3-5-8-17)23-14-26(21)13-16(2)27-18-9-6-10-22-12-18/h3-12,14,16H,13H2,1-2H3,(H,24,25)/t16-/m0/s1. The molecule has 0 aliphatic carbocycles. The Morgan fingerprint density at radius 3 is 2.70 bits per heavy atom. The number of aromatic nitrogens is 5. The number of hydrogen-bond acceptors (Lipinski definition) is 4. The number of aromatic amines is 1. The van der Waals surface area contributed by atoms with Crippen molar-refractivity contribution < 1.29 is 4.74 Å². The molecule has 4 aromatic rings. The van der Waals surface area contributed by atoms with Crippen molar-refractivity contribution in [3.8, 4) is 28.4 Å². The van der Waals surface area contributed by atoms with Gasteiger partial charge >= 0.3 is 0 Å². The first-order valence-electron chi connectivity index (χ1n) is 8.90. The van der Waals surface area contributed by atoms with Crippen LogP contribution in [0.4, 0.5) is 0 Å². The van der Waals surface area contributed by atoms with E-state index < -0.39 is 0 Å². The molecule has 3 heterocycles. The molecule has 6 nitrogen and oxygen atoms in total. The topological polar surface area (TPSA) is 68.6 Å². The maximum Gasteiger partial charge on any atom is 0.138 e. The fourth-order valence-corrected chi connectivity index (χ4v) is 3.10. The zero-order valence-electron chi connectivity index (χ0n) is 15.3. The summed E-state index contributed by atoms with van der Waals surface area (Å²) in [7, 11) is 0. The van der Waals surface area contributed by atoms with Gasteiger partial charge in [-0.05, 0) is 32.0 Å². The van der Waals surface area contributed by atoms with Crippen molar-refractivity contribution in [3.05, 3.63) is 72.9 Å². The fourth-order valence-electron chi connectivity index (χ4n) is 3.10. The maximum absolute atomic E-state index is 5.99. The Hall–Kier alpha value is -3.41. The number of H-pyrrole nitrogens is 1. The molecule has 0 saturated heterocycles. The Balaban J connectivity index is 1.67. The van der Waals surface area contributed by atoms with E-state index in [1.165, 1.54) is 0 Å². The van der Waals surface area contributed by atoms with Gasteiger partial charge in [-0.2, -0.15) is 5.10 Å². The van der Waals surface area contributed by atoms with Gasteiger partial charge in [-0.3, -0.25) is 10.1 Å². The quantitative estimate of drug-likeness (QED) is 0.562. The molecule has 3 aromatic heterocycles. The molecule has 0 aliphatic rings. The van der Waals surface area contributed by atoms with Crippen LogP contribution in [0.1, 0.15) is 12.6 Å². The maximum atomic E-state index is 5.99. The van der Waals surface area contributed by atoms with Gasteiger partial charge in [0.25, 0.3) is 0 Å². The summed E-state index contributed by atoms with van der Waals surface area (Å²) in [6.45, 7) is 4.68. The highest BCUT2D eigenvalue weighted by Gasteiger charge is 2.19. The van der Waals surface area contributed by atoms with Gasteiger partial charge in [0.2, 0.25) is 0 Å². The second kappa shape index (κ2) is 7.45. The largest absolute Gasteiger partial charge is 0.487 e. The van der Waals surface area contributed by atoms with E-state index in [2.05, 4.69) is 36.9 Å². The van der Waals surface area contributed by atoms with Gasteiger partial charge in [-0.25, -0.2) is 4.98 Å². The molecule has 4 rings (SSSR count). The number of imidazole rings is 1. The Bertz CT molecular complexity index is 1010. The molecule has 136 valence electrons. The van der Waals surface area contributed by atoms with Crippen molar-refractivity contribution in [2.75, 3.05) is 0 Å². The predicted octanol–water partition coefficient (Wildman–Crippen LogP) is 4.11. The van der Waals surface area contributed by atoms with Crippen LogP contribution in [-0.4, -0.2) is 30.8 Å². The third kappa shape index (κ3) is 3.74. The smallest absolute Gasteiger partial charge is 0.138 e. The molecule has 0 spiro atoms. The van der Waals surface area contributed by atoms with Crippen LogP contribution in [0.15, 0.2) is 67.3 Å². The lowest BCUT2D eigenvalue weighted by atomic mass is 10.1. The van der Waals surface area contributed by atoms with E-state index in [-0.39, 0.29) is 6.10 Å². The molecule has 0 bridgehead atoms. The second-order valence-corrected chi connectivity index (χ2v) is 6.51. The van der Waals surface area contributed by atoms with Gasteiger partial charge in [-0.15, -0.1) is 0 Å². The fraction of sp³-hybridized carbons (Fsp3) is 0.190. The van der Waals surface area contributed by atoms with Gasteiger partial charge in [0.15, 0.2) is 0 Å².